The molecule has 0 aromatic heterocycles. The fourth-order valence-corrected chi connectivity index (χ4v) is 0.949. The Morgan fingerprint density at radius 3 is 2.33 bits per heavy atom. The second kappa shape index (κ2) is 6.04. The van der Waals surface area contributed by atoms with Gasteiger partial charge in [0.25, 0.3) is 0 Å². The molecule has 2 heteroatoms. The van der Waals surface area contributed by atoms with Gasteiger partial charge in [-0.25, -0.2) is 0 Å². The molecule has 0 amide bonds. The number of rotatable bonds is 5. The predicted octanol–water partition coefficient (Wildman–Crippen LogP) is 2.76. The van der Waals surface area contributed by atoms with Crippen molar-refractivity contribution in [3.63, 3.8) is 0 Å². The lowest BCUT2D eigenvalue weighted by Crippen LogP contribution is -2.20. The molecule has 12 heavy (non-hydrogen) atoms. The summed E-state index contributed by atoms with van der Waals surface area (Å²) in [5, 5.41) is 0. The maximum atomic E-state index is 11.3. The van der Waals surface area contributed by atoms with Crippen LogP contribution in [0.1, 0.15) is 47.0 Å². The molecule has 0 aliphatic heterocycles. The largest absolute Gasteiger partial charge is 0.462 e. The number of hydrogen-bond acceptors (Lipinski definition) is 2. The van der Waals surface area contributed by atoms with Gasteiger partial charge in [-0.1, -0.05) is 27.2 Å². The molecule has 0 heterocycles. The van der Waals surface area contributed by atoms with Gasteiger partial charge in [-0.3, -0.25) is 4.79 Å². The van der Waals surface area contributed by atoms with Crippen molar-refractivity contribution in [2.75, 3.05) is 0 Å². The molecule has 0 fully saturated rings. The Bertz CT molecular complexity index is 132. The highest BCUT2D eigenvalue weighted by molar-refractivity contribution is 5.72. The highest BCUT2D eigenvalue weighted by Crippen LogP contribution is 2.09. The highest BCUT2D eigenvalue weighted by atomic mass is 16.5. The fourth-order valence-electron chi connectivity index (χ4n) is 0.949. The van der Waals surface area contributed by atoms with E-state index in [1.54, 1.807) is 0 Å². The Kier molecular flexibility index (Phi) is 5.77. The van der Waals surface area contributed by atoms with Crippen LogP contribution in [0.5, 0.6) is 0 Å². The minimum Gasteiger partial charge on any atom is -0.462 e. The molecule has 2 nitrogen and oxygen atoms in total. The molecule has 0 spiro atoms. The molecular weight excluding hydrogens is 152 g/mol. The molecule has 0 aliphatic carbocycles. The van der Waals surface area contributed by atoms with Gasteiger partial charge in [-0.15, -0.1) is 0 Å². The second-order valence-corrected chi connectivity index (χ2v) is 3.35. The van der Waals surface area contributed by atoms with Gasteiger partial charge in [0.2, 0.25) is 0 Å². The molecule has 0 aromatic carbocycles. The number of carbonyl (C=O) groups excluding carboxylic acids is 1. The van der Waals surface area contributed by atoms with E-state index in [9.17, 15) is 4.79 Å². The summed E-state index contributed by atoms with van der Waals surface area (Å²) < 4.78 is 5.17. The van der Waals surface area contributed by atoms with Crippen molar-refractivity contribution in [3.05, 3.63) is 0 Å². The number of hydrogen-bond donors (Lipinski definition) is 0. The molecular formula is C10H20O2. The monoisotopic (exact) mass is 172 g/mol. The molecule has 0 bridgehead atoms. The van der Waals surface area contributed by atoms with Crippen molar-refractivity contribution >= 4 is 5.97 Å². The van der Waals surface area contributed by atoms with Crippen LogP contribution in [-0.2, 0) is 9.53 Å². The molecule has 0 N–H and O–H groups in total. The topological polar surface area (TPSA) is 26.3 Å². The third kappa shape index (κ3) is 4.37. The molecule has 0 radical (unpaired) electrons. The zero-order chi connectivity index (χ0) is 9.56. The third-order valence-electron chi connectivity index (χ3n) is 2.02. The fraction of sp³-hybridized carbons (Fsp3) is 0.900. The van der Waals surface area contributed by atoms with E-state index in [0.29, 0.717) is 0 Å². The van der Waals surface area contributed by atoms with Gasteiger partial charge >= 0.3 is 5.97 Å². The summed E-state index contributed by atoms with van der Waals surface area (Å²) >= 11 is 0. The van der Waals surface area contributed by atoms with Crippen molar-refractivity contribution in [2.24, 2.45) is 5.92 Å². The lowest BCUT2D eigenvalue weighted by Gasteiger charge is -2.14. The predicted molar refractivity (Wildman–Crippen MR) is 49.9 cm³/mol. The Labute approximate surface area is 75.3 Å². The first-order valence-electron chi connectivity index (χ1n) is 4.82. The summed E-state index contributed by atoms with van der Waals surface area (Å²) in [6, 6.07) is 0. The van der Waals surface area contributed by atoms with E-state index in [1.165, 1.54) is 0 Å². The molecule has 0 saturated carbocycles. The van der Waals surface area contributed by atoms with Gasteiger partial charge in [0.15, 0.2) is 0 Å². The van der Waals surface area contributed by atoms with E-state index in [-0.39, 0.29) is 18.0 Å². The van der Waals surface area contributed by atoms with Gasteiger partial charge in [-0.05, 0) is 19.8 Å². The standard InChI is InChI=1S/C10H20O2/c1-5-7-8(3)10(11)12-9(4)6-2/h8-9H,5-7H2,1-4H3/t8-,9+/m1/s1. The first-order chi connectivity index (χ1) is 5.61. The van der Waals surface area contributed by atoms with Crippen molar-refractivity contribution in [1.29, 1.82) is 0 Å². The average Bonchev–Trinajstić information content (AvgIpc) is 2.04. The van der Waals surface area contributed by atoms with Crippen LogP contribution >= 0.6 is 0 Å². The molecule has 0 aromatic rings. The molecule has 0 aliphatic rings. The smallest absolute Gasteiger partial charge is 0.308 e. The van der Waals surface area contributed by atoms with Crippen LogP contribution in [-0.4, -0.2) is 12.1 Å². The van der Waals surface area contributed by atoms with E-state index in [2.05, 4.69) is 6.92 Å². The number of esters is 1. The minimum atomic E-state index is -0.0498. The van der Waals surface area contributed by atoms with Crippen molar-refractivity contribution in [3.8, 4) is 0 Å². The molecule has 0 unspecified atom stereocenters. The second-order valence-electron chi connectivity index (χ2n) is 3.35. The van der Waals surface area contributed by atoms with Crippen LogP contribution in [0.4, 0.5) is 0 Å². The van der Waals surface area contributed by atoms with Crippen LogP contribution in [0.3, 0.4) is 0 Å². The Morgan fingerprint density at radius 1 is 1.33 bits per heavy atom. The zero-order valence-electron chi connectivity index (χ0n) is 8.59. The highest BCUT2D eigenvalue weighted by Gasteiger charge is 2.15. The van der Waals surface area contributed by atoms with Gasteiger partial charge < -0.3 is 4.74 Å². The van der Waals surface area contributed by atoms with E-state index in [4.69, 9.17) is 4.74 Å². The normalized spacial score (nSPS) is 15.3. The van der Waals surface area contributed by atoms with Crippen molar-refractivity contribution in [1.82, 2.24) is 0 Å². The summed E-state index contributed by atoms with van der Waals surface area (Å²) in [6.45, 7) is 7.94. The first kappa shape index (κ1) is 11.5. The lowest BCUT2D eigenvalue weighted by molar-refractivity contribution is -0.152. The van der Waals surface area contributed by atoms with Gasteiger partial charge in [0.1, 0.15) is 0 Å². The summed E-state index contributed by atoms with van der Waals surface area (Å²) in [7, 11) is 0. The number of ether oxygens (including phenoxy) is 1. The van der Waals surface area contributed by atoms with E-state index in [1.807, 2.05) is 20.8 Å². The Morgan fingerprint density at radius 2 is 1.92 bits per heavy atom. The minimum absolute atomic E-state index is 0.0498. The van der Waals surface area contributed by atoms with E-state index < -0.39 is 0 Å². The van der Waals surface area contributed by atoms with Crippen molar-refractivity contribution in [2.45, 2.75) is 53.1 Å². The third-order valence-corrected chi connectivity index (χ3v) is 2.02. The van der Waals surface area contributed by atoms with Crippen LogP contribution in [0.2, 0.25) is 0 Å². The number of carbonyl (C=O) groups is 1. The van der Waals surface area contributed by atoms with Gasteiger partial charge in [0, 0.05) is 0 Å². The lowest BCUT2D eigenvalue weighted by atomic mass is 10.1. The summed E-state index contributed by atoms with van der Waals surface area (Å²) in [5.74, 6) is 0.00944. The van der Waals surface area contributed by atoms with Gasteiger partial charge in [0.05, 0.1) is 12.0 Å². The Hall–Kier alpha value is -0.530. The maximum Gasteiger partial charge on any atom is 0.308 e. The molecule has 72 valence electrons. The molecule has 0 saturated heterocycles. The summed E-state index contributed by atoms with van der Waals surface area (Å²) in [4.78, 5) is 11.3. The van der Waals surface area contributed by atoms with Crippen LogP contribution in [0.25, 0.3) is 0 Å². The average molecular weight is 172 g/mol. The summed E-state index contributed by atoms with van der Waals surface area (Å²) in [6.07, 6.45) is 2.92. The van der Waals surface area contributed by atoms with Gasteiger partial charge in [-0.2, -0.15) is 0 Å². The van der Waals surface area contributed by atoms with E-state index in [0.717, 1.165) is 19.3 Å². The summed E-state index contributed by atoms with van der Waals surface area (Å²) in [5.41, 5.74) is 0. The maximum absolute atomic E-state index is 11.3. The van der Waals surface area contributed by atoms with E-state index >= 15 is 0 Å². The Balaban J connectivity index is 3.70. The van der Waals surface area contributed by atoms with Crippen LogP contribution < -0.4 is 0 Å². The molecule has 2 atom stereocenters. The first-order valence-corrected chi connectivity index (χ1v) is 4.82. The SMILES string of the molecule is CCC[C@@H](C)C(=O)O[C@@H](C)CC. The quantitative estimate of drug-likeness (QED) is 0.596. The molecule has 0 rings (SSSR count). The van der Waals surface area contributed by atoms with Crippen LogP contribution in [0, 0.1) is 5.92 Å². The zero-order valence-corrected chi connectivity index (χ0v) is 8.59. The van der Waals surface area contributed by atoms with Crippen molar-refractivity contribution < 1.29 is 9.53 Å². The van der Waals surface area contributed by atoms with Crippen LogP contribution in [0.15, 0.2) is 0 Å².